The molecule has 14 heteroatoms. The SMILES string of the molecule is CC(=O)NCC(=O)N1CCC(c2csc(Nc3ncc(Sc4ccnc5ccsc45)cc3Oc3ccc(F)cc3)n2)CC1.Cl. The van der Waals surface area contributed by atoms with E-state index in [9.17, 15) is 14.0 Å². The number of nitrogens with zero attached hydrogens (tertiary/aromatic N) is 4. The first-order chi connectivity index (χ1) is 20.9. The lowest BCUT2D eigenvalue weighted by atomic mass is 9.94. The third-order valence-corrected chi connectivity index (χ3v) is 9.77. The molecule has 6 rings (SSSR count). The summed E-state index contributed by atoms with van der Waals surface area (Å²) in [5, 5.41) is 10.6. The number of fused-ring (bicyclic) bond motifs is 1. The molecule has 1 aromatic carbocycles. The summed E-state index contributed by atoms with van der Waals surface area (Å²) in [5.74, 6) is 1.06. The number of hydrogen-bond acceptors (Lipinski definition) is 10. The van der Waals surface area contributed by atoms with Gasteiger partial charge in [-0.3, -0.25) is 14.6 Å². The quantitative estimate of drug-likeness (QED) is 0.169. The van der Waals surface area contributed by atoms with Crippen molar-refractivity contribution in [1.29, 1.82) is 0 Å². The number of carbonyl (C=O) groups excluding carboxylic acids is 2. The highest BCUT2D eigenvalue weighted by Gasteiger charge is 2.25. The second-order valence-electron chi connectivity index (χ2n) is 9.89. The lowest BCUT2D eigenvalue weighted by Crippen LogP contribution is -2.43. The monoisotopic (exact) mass is 670 g/mol. The first-order valence-electron chi connectivity index (χ1n) is 13.6. The minimum Gasteiger partial charge on any atom is -0.453 e. The predicted octanol–water partition coefficient (Wildman–Crippen LogP) is 7.24. The zero-order valence-electron chi connectivity index (χ0n) is 23.5. The van der Waals surface area contributed by atoms with Gasteiger partial charge in [0.1, 0.15) is 11.6 Å². The van der Waals surface area contributed by atoms with Gasteiger partial charge >= 0.3 is 0 Å². The van der Waals surface area contributed by atoms with Crippen LogP contribution in [0.25, 0.3) is 10.2 Å². The first kappa shape index (κ1) is 31.6. The molecule has 0 aliphatic carbocycles. The van der Waals surface area contributed by atoms with E-state index in [1.165, 1.54) is 30.4 Å². The van der Waals surface area contributed by atoms with Gasteiger partial charge in [-0.2, -0.15) is 0 Å². The molecule has 2 amide bonds. The van der Waals surface area contributed by atoms with Crippen molar-refractivity contribution < 1.29 is 18.7 Å². The van der Waals surface area contributed by atoms with Crippen molar-refractivity contribution in [3.8, 4) is 11.5 Å². The maximum absolute atomic E-state index is 13.6. The third-order valence-electron chi connectivity index (χ3n) is 6.91. The number of carbonyl (C=O) groups is 2. The van der Waals surface area contributed by atoms with E-state index in [1.807, 2.05) is 29.0 Å². The summed E-state index contributed by atoms with van der Waals surface area (Å²) in [6.07, 6.45) is 5.17. The van der Waals surface area contributed by atoms with Gasteiger partial charge in [0.25, 0.3) is 0 Å². The van der Waals surface area contributed by atoms with Crippen LogP contribution >= 0.6 is 46.8 Å². The lowest BCUT2D eigenvalue weighted by Gasteiger charge is -2.31. The van der Waals surface area contributed by atoms with Crippen LogP contribution in [0.3, 0.4) is 0 Å². The average Bonchev–Trinajstić information content (AvgIpc) is 3.69. The summed E-state index contributed by atoms with van der Waals surface area (Å²) in [6, 6.07) is 11.7. The van der Waals surface area contributed by atoms with Crippen molar-refractivity contribution in [1.82, 2.24) is 25.2 Å². The Morgan fingerprint density at radius 1 is 1.11 bits per heavy atom. The standard InChI is InChI=1S/C30H27FN6O3S3.ClH/c1-18(38)33-16-27(39)37-11-7-19(8-12-37)24-17-42-30(35-24)36-29-25(40-21-4-2-20(31)3-5-21)14-22(15-34-29)43-26-6-10-32-23-9-13-41-28(23)26;/h2-6,9-10,13-15,17,19H,7-8,11-12,16H2,1H3,(H,33,38)(H,34,35,36);1H. The van der Waals surface area contributed by atoms with E-state index in [0.29, 0.717) is 35.5 Å². The molecule has 1 saturated heterocycles. The molecule has 0 unspecified atom stereocenters. The zero-order valence-corrected chi connectivity index (χ0v) is 26.8. The van der Waals surface area contributed by atoms with Gasteiger partial charge in [0.2, 0.25) is 11.8 Å². The smallest absolute Gasteiger partial charge is 0.241 e. The maximum Gasteiger partial charge on any atom is 0.241 e. The normalized spacial score (nSPS) is 13.4. The van der Waals surface area contributed by atoms with Crippen LogP contribution < -0.4 is 15.4 Å². The molecule has 0 spiro atoms. The molecule has 1 aliphatic rings. The fraction of sp³-hybridized carbons (Fsp3) is 0.233. The number of anilines is 2. The summed E-state index contributed by atoms with van der Waals surface area (Å²) in [5.41, 5.74) is 1.91. The van der Waals surface area contributed by atoms with Gasteiger partial charge in [0, 0.05) is 59.6 Å². The molecule has 0 bridgehead atoms. The molecule has 1 aliphatic heterocycles. The minimum atomic E-state index is -0.343. The van der Waals surface area contributed by atoms with Gasteiger partial charge in [-0.05, 0) is 54.6 Å². The molecule has 0 radical (unpaired) electrons. The third kappa shape index (κ3) is 7.65. The second-order valence-corrected chi connectivity index (χ2v) is 12.8. The molecule has 5 aromatic rings. The van der Waals surface area contributed by atoms with E-state index in [-0.39, 0.29) is 42.5 Å². The van der Waals surface area contributed by atoms with Gasteiger partial charge in [-0.1, -0.05) is 11.8 Å². The summed E-state index contributed by atoms with van der Waals surface area (Å²) in [7, 11) is 0. The fourth-order valence-electron chi connectivity index (χ4n) is 4.71. The molecule has 4 aromatic heterocycles. The molecular formula is C30H28ClFN6O3S3. The van der Waals surface area contributed by atoms with Crippen LogP contribution in [0.15, 0.2) is 75.4 Å². The summed E-state index contributed by atoms with van der Waals surface area (Å²) in [4.78, 5) is 41.1. The number of benzene rings is 1. The number of hydrogen-bond donors (Lipinski definition) is 2. The summed E-state index contributed by atoms with van der Waals surface area (Å²) < 4.78 is 20.8. The molecule has 2 N–H and O–H groups in total. The van der Waals surface area contributed by atoms with Crippen LogP contribution in [0.4, 0.5) is 15.3 Å². The largest absolute Gasteiger partial charge is 0.453 e. The van der Waals surface area contributed by atoms with E-state index < -0.39 is 0 Å². The highest BCUT2D eigenvalue weighted by molar-refractivity contribution is 7.99. The predicted molar refractivity (Wildman–Crippen MR) is 174 cm³/mol. The first-order valence-corrected chi connectivity index (χ1v) is 16.2. The topological polar surface area (TPSA) is 109 Å². The number of rotatable bonds is 9. The molecule has 228 valence electrons. The molecule has 0 atom stereocenters. The summed E-state index contributed by atoms with van der Waals surface area (Å²) >= 11 is 4.69. The van der Waals surface area contributed by atoms with Crippen LogP contribution in [-0.2, 0) is 9.59 Å². The van der Waals surface area contributed by atoms with Crippen LogP contribution in [0.5, 0.6) is 11.5 Å². The Balaban J connectivity index is 0.00000384. The van der Waals surface area contributed by atoms with E-state index in [1.54, 1.807) is 52.5 Å². The Hall–Kier alpha value is -3.78. The number of piperidine rings is 1. The number of ether oxygens (including phenoxy) is 1. The molecular weight excluding hydrogens is 643 g/mol. The van der Waals surface area contributed by atoms with E-state index >= 15 is 0 Å². The van der Waals surface area contributed by atoms with Crippen molar-refractivity contribution in [3.63, 3.8) is 0 Å². The van der Waals surface area contributed by atoms with Crippen LogP contribution in [0, 0.1) is 5.82 Å². The van der Waals surface area contributed by atoms with Crippen molar-refractivity contribution in [2.45, 2.75) is 35.5 Å². The molecule has 5 heterocycles. The fourth-order valence-corrected chi connectivity index (χ4v) is 7.38. The Labute approximate surface area is 271 Å². The lowest BCUT2D eigenvalue weighted by molar-refractivity contribution is -0.133. The maximum atomic E-state index is 13.6. The molecule has 9 nitrogen and oxygen atoms in total. The molecule has 1 fully saturated rings. The Kier molecular flexibility index (Phi) is 10.3. The van der Waals surface area contributed by atoms with Crippen LogP contribution in [-0.4, -0.2) is 51.3 Å². The van der Waals surface area contributed by atoms with Crippen molar-refractivity contribution in [2.24, 2.45) is 0 Å². The number of thiophene rings is 1. The summed E-state index contributed by atoms with van der Waals surface area (Å²) in [6.45, 7) is 2.67. The van der Waals surface area contributed by atoms with Gasteiger partial charge in [-0.25, -0.2) is 14.4 Å². The van der Waals surface area contributed by atoms with Gasteiger partial charge in [-0.15, -0.1) is 35.1 Å². The number of pyridine rings is 2. The molecule has 44 heavy (non-hydrogen) atoms. The zero-order chi connectivity index (χ0) is 29.8. The average molecular weight is 671 g/mol. The highest BCUT2D eigenvalue weighted by atomic mass is 35.5. The minimum absolute atomic E-state index is 0. The van der Waals surface area contributed by atoms with Gasteiger partial charge < -0.3 is 20.3 Å². The van der Waals surface area contributed by atoms with E-state index in [4.69, 9.17) is 9.72 Å². The number of nitrogens with one attached hydrogen (secondary N) is 2. The van der Waals surface area contributed by atoms with Crippen molar-refractivity contribution in [3.05, 3.63) is 77.1 Å². The van der Waals surface area contributed by atoms with Crippen molar-refractivity contribution >= 4 is 79.8 Å². The van der Waals surface area contributed by atoms with Gasteiger partial charge in [0.15, 0.2) is 16.7 Å². The number of aromatic nitrogens is 3. The van der Waals surface area contributed by atoms with E-state index in [0.717, 1.165) is 38.5 Å². The second kappa shape index (κ2) is 14.3. The van der Waals surface area contributed by atoms with Crippen molar-refractivity contribution in [2.75, 3.05) is 25.0 Å². The number of thiazole rings is 1. The van der Waals surface area contributed by atoms with Crippen LogP contribution in [0.1, 0.15) is 31.4 Å². The Morgan fingerprint density at radius 2 is 1.91 bits per heavy atom. The van der Waals surface area contributed by atoms with E-state index in [2.05, 4.69) is 20.6 Å². The molecule has 0 saturated carbocycles. The Morgan fingerprint density at radius 3 is 2.68 bits per heavy atom. The highest BCUT2D eigenvalue weighted by Crippen LogP contribution is 2.40. The van der Waals surface area contributed by atoms with Gasteiger partial charge in [0.05, 0.1) is 22.5 Å². The number of halogens is 2. The number of likely N-dealkylation sites (tertiary alicyclic amines) is 1. The van der Waals surface area contributed by atoms with Crippen LogP contribution in [0.2, 0.25) is 0 Å². The Bertz CT molecular complexity index is 1760. The number of amides is 2.